The van der Waals surface area contributed by atoms with Crippen LogP contribution in [0.15, 0.2) is 29.3 Å². The predicted octanol–water partition coefficient (Wildman–Crippen LogP) is 3.55. The van der Waals surface area contributed by atoms with E-state index in [0.29, 0.717) is 6.04 Å². The Morgan fingerprint density at radius 2 is 1.96 bits per heavy atom. The van der Waals surface area contributed by atoms with E-state index < -0.39 is 0 Å². The normalized spacial score (nSPS) is 18.5. The molecular formula is C20H33IN4. The van der Waals surface area contributed by atoms with Crippen LogP contribution in [0.4, 0.5) is 0 Å². The van der Waals surface area contributed by atoms with Crippen molar-refractivity contribution in [3.05, 3.63) is 35.4 Å². The molecule has 5 heteroatoms. The van der Waals surface area contributed by atoms with Crippen molar-refractivity contribution < 1.29 is 0 Å². The molecule has 0 aromatic heterocycles. The molecule has 4 nitrogen and oxygen atoms in total. The Hall–Kier alpha value is -0.820. The number of nitrogens with one attached hydrogen (secondary N) is 2. The van der Waals surface area contributed by atoms with Crippen LogP contribution in [0.2, 0.25) is 0 Å². The molecule has 1 aliphatic carbocycles. The van der Waals surface area contributed by atoms with Crippen LogP contribution >= 0.6 is 24.0 Å². The lowest BCUT2D eigenvalue weighted by Gasteiger charge is -2.28. The molecule has 1 saturated carbocycles. The number of rotatable bonds is 6. The highest BCUT2D eigenvalue weighted by atomic mass is 127. The summed E-state index contributed by atoms with van der Waals surface area (Å²) in [6, 6.07) is 9.48. The summed E-state index contributed by atoms with van der Waals surface area (Å²) in [5.74, 6) is 1.01. The first-order valence-electron chi connectivity index (χ1n) is 9.69. The fraction of sp³-hybridized carbons (Fsp3) is 0.650. The molecule has 2 N–H and O–H groups in total. The molecule has 3 rings (SSSR count). The summed E-state index contributed by atoms with van der Waals surface area (Å²) in [5.41, 5.74) is 3.03. The lowest BCUT2D eigenvalue weighted by atomic mass is 10.00. The highest BCUT2D eigenvalue weighted by Gasteiger charge is 2.16. The fourth-order valence-electron chi connectivity index (χ4n) is 3.81. The summed E-state index contributed by atoms with van der Waals surface area (Å²) in [6.07, 6.45) is 7.60. The van der Waals surface area contributed by atoms with E-state index in [1.165, 1.54) is 49.8 Å². The van der Waals surface area contributed by atoms with Crippen LogP contribution in [0.25, 0.3) is 0 Å². The highest BCUT2D eigenvalue weighted by Crippen LogP contribution is 2.19. The van der Waals surface area contributed by atoms with Crippen LogP contribution in [-0.2, 0) is 13.0 Å². The summed E-state index contributed by atoms with van der Waals surface area (Å²) in [4.78, 5) is 7.34. The molecule has 1 fully saturated rings. The molecule has 140 valence electrons. The average Bonchev–Trinajstić information content (AvgIpc) is 3.12. The zero-order valence-corrected chi connectivity index (χ0v) is 17.8. The minimum Gasteiger partial charge on any atom is -0.357 e. The second kappa shape index (κ2) is 11.0. The van der Waals surface area contributed by atoms with E-state index in [2.05, 4.69) is 46.7 Å². The number of halogens is 1. The Labute approximate surface area is 169 Å². The van der Waals surface area contributed by atoms with Crippen molar-refractivity contribution in [3.63, 3.8) is 0 Å². The molecule has 0 saturated heterocycles. The van der Waals surface area contributed by atoms with Crippen LogP contribution in [0.3, 0.4) is 0 Å². The van der Waals surface area contributed by atoms with Gasteiger partial charge in [0.05, 0.1) is 0 Å². The van der Waals surface area contributed by atoms with Gasteiger partial charge >= 0.3 is 0 Å². The van der Waals surface area contributed by atoms with Crippen LogP contribution in [0.5, 0.6) is 0 Å². The van der Waals surface area contributed by atoms with Gasteiger partial charge in [0.25, 0.3) is 0 Å². The van der Waals surface area contributed by atoms with Crippen molar-refractivity contribution in [3.8, 4) is 0 Å². The van der Waals surface area contributed by atoms with Gasteiger partial charge in [-0.05, 0) is 43.7 Å². The van der Waals surface area contributed by atoms with Gasteiger partial charge in [-0.1, -0.05) is 37.1 Å². The second-order valence-electron chi connectivity index (χ2n) is 7.03. The smallest absolute Gasteiger partial charge is 0.191 e. The number of nitrogens with zero attached hydrogens (tertiary/aromatic N) is 2. The lowest BCUT2D eigenvalue weighted by molar-refractivity contribution is 0.252. The molecule has 1 aromatic rings. The van der Waals surface area contributed by atoms with E-state index in [9.17, 15) is 0 Å². The SMILES string of the molecule is CCNC(=NCCCN1CCc2ccccc2C1)NC1CCCC1.I. The summed E-state index contributed by atoms with van der Waals surface area (Å²) >= 11 is 0. The Balaban J connectivity index is 0.00000225. The Kier molecular flexibility index (Phi) is 9.03. The third kappa shape index (κ3) is 6.44. The van der Waals surface area contributed by atoms with E-state index in [1.807, 2.05) is 0 Å². The van der Waals surface area contributed by atoms with Crippen molar-refractivity contribution in [2.24, 2.45) is 4.99 Å². The minimum absolute atomic E-state index is 0. The minimum atomic E-state index is 0. The molecule has 2 aliphatic rings. The molecule has 1 aromatic carbocycles. The van der Waals surface area contributed by atoms with Gasteiger partial charge in [-0.3, -0.25) is 9.89 Å². The van der Waals surface area contributed by atoms with Gasteiger partial charge in [0.2, 0.25) is 0 Å². The summed E-state index contributed by atoms with van der Waals surface area (Å²) < 4.78 is 0. The molecule has 25 heavy (non-hydrogen) atoms. The van der Waals surface area contributed by atoms with Crippen molar-refractivity contribution in [1.82, 2.24) is 15.5 Å². The molecule has 0 bridgehead atoms. The quantitative estimate of drug-likeness (QED) is 0.298. The molecule has 0 spiro atoms. The first-order chi connectivity index (χ1) is 11.8. The van der Waals surface area contributed by atoms with Crippen LogP contribution < -0.4 is 10.6 Å². The van der Waals surface area contributed by atoms with E-state index in [-0.39, 0.29) is 24.0 Å². The summed E-state index contributed by atoms with van der Waals surface area (Å²) in [6.45, 7) is 7.39. The number of hydrogen-bond donors (Lipinski definition) is 2. The number of hydrogen-bond acceptors (Lipinski definition) is 2. The van der Waals surface area contributed by atoms with E-state index in [1.54, 1.807) is 0 Å². The number of benzene rings is 1. The molecule has 0 radical (unpaired) electrons. The molecular weight excluding hydrogens is 423 g/mol. The zero-order chi connectivity index (χ0) is 16.6. The molecule has 1 heterocycles. The topological polar surface area (TPSA) is 39.7 Å². The largest absolute Gasteiger partial charge is 0.357 e. The van der Waals surface area contributed by atoms with Crippen molar-refractivity contribution in [2.75, 3.05) is 26.2 Å². The maximum Gasteiger partial charge on any atom is 0.191 e. The number of guanidine groups is 1. The molecule has 1 aliphatic heterocycles. The molecule has 0 amide bonds. The van der Waals surface area contributed by atoms with Gasteiger partial charge in [0.15, 0.2) is 5.96 Å². The van der Waals surface area contributed by atoms with Gasteiger partial charge in [-0.15, -0.1) is 24.0 Å². The monoisotopic (exact) mass is 456 g/mol. The van der Waals surface area contributed by atoms with Crippen molar-refractivity contribution in [1.29, 1.82) is 0 Å². The van der Waals surface area contributed by atoms with E-state index in [0.717, 1.165) is 38.6 Å². The maximum absolute atomic E-state index is 4.77. The first kappa shape index (κ1) is 20.5. The van der Waals surface area contributed by atoms with Gasteiger partial charge < -0.3 is 10.6 Å². The van der Waals surface area contributed by atoms with Crippen molar-refractivity contribution in [2.45, 2.75) is 58.0 Å². The second-order valence-corrected chi connectivity index (χ2v) is 7.03. The Bertz CT molecular complexity index is 540. The number of aliphatic imine (C=N–C) groups is 1. The lowest BCUT2D eigenvalue weighted by Crippen LogP contribution is -2.42. The van der Waals surface area contributed by atoms with Gasteiger partial charge in [0.1, 0.15) is 0 Å². The van der Waals surface area contributed by atoms with E-state index in [4.69, 9.17) is 4.99 Å². The van der Waals surface area contributed by atoms with Crippen molar-refractivity contribution >= 4 is 29.9 Å². The fourth-order valence-corrected chi connectivity index (χ4v) is 3.81. The van der Waals surface area contributed by atoms with Gasteiger partial charge in [-0.2, -0.15) is 0 Å². The summed E-state index contributed by atoms with van der Waals surface area (Å²) in [7, 11) is 0. The highest BCUT2D eigenvalue weighted by molar-refractivity contribution is 14.0. The van der Waals surface area contributed by atoms with Gasteiger partial charge in [-0.25, -0.2) is 0 Å². The Morgan fingerprint density at radius 3 is 2.72 bits per heavy atom. The van der Waals surface area contributed by atoms with E-state index >= 15 is 0 Å². The van der Waals surface area contributed by atoms with Crippen LogP contribution in [0.1, 0.15) is 50.2 Å². The predicted molar refractivity (Wildman–Crippen MR) is 117 cm³/mol. The zero-order valence-electron chi connectivity index (χ0n) is 15.5. The maximum atomic E-state index is 4.77. The van der Waals surface area contributed by atoms with Crippen LogP contribution in [-0.4, -0.2) is 43.1 Å². The standard InChI is InChI=1S/C20H32N4.HI/c1-2-21-20(23-19-10-5-6-11-19)22-13-7-14-24-15-12-17-8-3-4-9-18(17)16-24;/h3-4,8-9,19H,2,5-7,10-16H2,1H3,(H2,21,22,23);1H. The van der Waals surface area contributed by atoms with Gasteiger partial charge in [0, 0.05) is 38.8 Å². The van der Waals surface area contributed by atoms with Crippen LogP contribution in [0, 0.1) is 0 Å². The number of fused-ring (bicyclic) bond motifs is 1. The first-order valence-corrected chi connectivity index (χ1v) is 9.69. The molecule has 0 atom stereocenters. The summed E-state index contributed by atoms with van der Waals surface area (Å²) in [5, 5.41) is 6.98. The average molecular weight is 456 g/mol. The Morgan fingerprint density at radius 1 is 1.20 bits per heavy atom. The molecule has 0 unspecified atom stereocenters. The third-order valence-corrected chi connectivity index (χ3v) is 5.15. The third-order valence-electron chi connectivity index (χ3n) is 5.15.